The van der Waals surface area contributed by atoms with E-state index in [1.165, 1.54) is 11.3 Å². The quantitative estimate of drug-likeness (QED) is 0.847. The highest BCUT2D eigenvalue weighted by atomic mass is 35.5. The molecule has 1 N–H and O–H groups in total. The summed E-state index contributed by atoms with van der Waals surface area (Å²) in [5, 5.41) is 12.0. The lowest BCUT2D eigenvalue weighted by atomic mass is 9.93. The summed E-state index contributed by atoms with van der Waals surface area (Å²) < 4.78 is 0. The Hall–Kier alpha value is -1.92. The second kappa shape index (κ2) is 7.97. The summed E-state index contributed by atoms with van der Waals surface area (Å²) in [4.78, 5) is 29.7. The highest BCUT2D eigenvalue weighted by Crippen LogP contribution is 2.28. The van der Waals surface area contributed by atoms with Gasteiger partial charge in [-0.2, -0.15) is 0 Å². The van der Waals surface area contributed by atoms with Crippen LogP contribution in [-0.2, 0) is 4.79 Å². The van der Waals surface area contributed by atoms with Gasteiger partial charge in [0.15, 0.2) is 0 Å². The summed E-state index contributed by atoms with van der Waals surface area (Å²) in [6.07, 6.45) is 2.65. The predicted octanol–water partition coefficient (Wildman–Crippen LogP) is 4.18. The number of aliphatic carboxylic acids is 1. The van der Waals surface area contributed by atoms with Crippen molar-refractivity contribution in [2.24, 2.45) is 5.92 Å². The fourth-order valence-electron chi connectivity index (χ4n) is 3.10. The minimum atomic E-state index is -0.783. The van der Waals surface area contributed by atoms with Crippen LogP contribution in [0.1, 0.15) is 36.2 Å². The number of thiazole rings is 1. The summed E-state index contributed by atoms with van der Waals surface area (Å²) >= 11 is 7.44. The van der Waals surface area contributed by atoms with Gasteiger partial charge in [0.2, 0.25) is 0 Å². The lowest BCUT2D eigenvalue weighted by Gasteiger charge is -2.32. The molecule has 5 nitrogen and oxygen atoms in total. The minimum absolute atomic E-state index is 0.0791. The largest absolute Gasteiger partial charge is 0.481 e. The normalized spacial score (nSPS) is 17.5. The standard InChI is InChI=1S/C18H19ClN2O3S/c19-14-5-1-4-13(9-14)17-20-15(11-25-17)18(24)21-8-2-3-12(10-21)6-7-16(22)23/h1,4-5,9,11-12H,2-3,6-8,10H2,(H,22,23). The molecule has 0 aliphatic carbocycles. The van der Waals surface area contributed by atoms with E-state index in [4.69, 9.17) is 16.7 Å². The molecule has 1 fully saturated rings. The second-order valence-electron chi connectivity index (χ2n) is 6.24. The summed E-state index contributed by atoms with van der Waals surface area (Å²) in [7, 11) is 0. The molecule has 7 heteroatoms. The lowest BCUT2D eigenvalue weighted by Crippen LogP contribution is -2.40. The van der Waals surface area contributed by atoms with Crippen molar-refractivity contribution < 1.29 is 14.7 Å². The van der Waals surface area contributed by atoms with Crippen LogP contribution in [0.2, 0.25) is 5.02 Å². The molecule has 25 heavy (non-hydrogen) atoms. The zero-order valence-electron chi connectivity index (χ0n) is 13.7. The predicted molar refractivity (Wildman–Crippen MR) is 98.1 cm³/mol. The number of carbonyl (C=O) groups excluding carboxylic acids is 1. The number of hydrogen-bond acceptors (Lipinski definition) is 4. The number of nitrogens with zero attached hydrogens (tertiary/aromatic N) is 2. The van der Waals surface area contributed by atoms with E-state index in [0.717, 1.165) is 23.4 Å². The number of amides is 1. The van der Waals surface area contributed by atoms with Crippen molar-refractivity contribution >= 4 is 34.8 Å². The van der Waals surface area contributed by atoms with Gasteiger partial charge in [-0.3, -0.25) is 9.59 Å². The summed E-state index contributed by atoms with van der Waals surface area (Å²) in [6, 6.07) is 7.41. The maximum absolute atomic E-state index is 12.7. The van der Waals surface area contributed by atoms with Crippen LogP contribution < -0.4 is 0 Å². The molecule has 1 aliphatic heterocycles. The number of carboxylic acid groups (broad SMARTS) is 1. The third-order valence-electron chi connectivity index (χ3n) is 4.37. The van der Waals surface area contributed by atoms with Gasteiger partial charge >= 0.3 is 5.97 Å². The Labute approximate surface area is 155 Å². The third kappa shape index (κ3) is 4.58. The van der Waals surface area contributed by atoms with Crippen LogP contribution in [0.3, 0.4) is 0 Å². The van der Waals surface area contributed by atoms with Crippen LogP contribution in [-0.4, -0.2) is 40.0 Å². The van der Waals surface area contributed by atoms with Gasteiger partial charge in [0, 0.05) is 35.5 Å². The Balaban J connectivity index is 1.67. The van der Waals surface area contributed by atoms with E-state index in [-0.39, 0.29) is 18.2 Å². The van der Waals surface area contributed by atoms with E-state index in [2.05, 4.69) is 4.98 Å². The van der Waals surface area contributed by atoms with Crippen molar-refractivity contribution in [2.45, 2.75) is 25.7 Å². The summed E-state index contributed by atoms with van der Waals surface area (Å²) in [5.41, 5.74) is 1.34. The summed E-state index contributed by atoms with van der Waals surface area (Å²) in [5.74, 6) is -0.612. The van der Waals surface area contributed by atoms with Crippen LogP contribution >= 0.6 is 22.9 Å². The monoisotopic (exact) mass is 378 g/mol. The molecule has 1 unspecified atom stereocenters. The van der Waals surface area contributed by atoms with Crippen LogP contribution in [0.25, 0.3) is 10.6 Å². The van der Waals surface area contributed by atoms with Crippen molar-refractivity contribution in [3.63, 3.8) is 0 Å². The van der Waals surface area contributed by atoms with E-state index in [1.54, 1.807) is 16.3 Å². The van der Waals surface area contributed by atoms with Crippen LogP contribution in [0, 0.1) is 5.92 Å². The highest BCUT2D eigenvalue weighted by molar-refractivity contribution is 7.13. The molecule has 2 aromatic rings. The Morgan fingerprint density at radius 2 is 2.24 bits per heavy atom. The highest BCUT2D eigenvalue weighted by Gasteiger charge is 2.26. The molecular weight excluding hydrogens is 360 g/mol. The Morgan fingerprint density at radius 3 is 3.00 bits per heavy atom. The van der Waals surface area contributed by atoms with Crippen LogP contribution in [0.15, 0.2) is 29.6 Å². The van der Waals surface area contributed by atoms with Gasteiger partial charge in [-0.05, 0) is 37.3 Å². The maximum Gasteiger partial charge on any atom is 0.303 e. The molecule has 1 atom stereocenters. The molecule has 2 heterocycles. The van der Waals surface area contributed by atoms with Gasteiger partial charge in [-0.15, -0.1) is 11.3 Å². The number of hydrogen-bond donors (Lipinski definition) is 1. The number of carboxylic acids is 1. The smallest absolute Gasteiger partial charge is 0.303 e. The van der Waals surface area contributed by atoms with Gasteiger partial charge in [0.05, 0.1) is 0 Å². The molecule has 0 radical (unpaired) electrons. The van der Waals surface area contributed by atoms with Gasteiger partial charge in [0.25, 0.3) is 5.91 Å². The molecule has 1 saturated heterocycles. The van der Waals surface area contributed by atoms with Crippen molar-refractivity contribution in [3.05, 3.63) is 40.4 Å². The number of benzene rings is 1. The molecule has 1 aromatic heterocycles. The van der Waals surface area contributed by atoms with E-state index in [0.29, 0.717) is 30.2 Å². The first-order valence-electron chi connectivity index (χ1n) is 8.25. The Morgan fingerprint density at radius 1 is 1.40 bits per heavy atom. The molecule has 3 rings (SSSR count). The second-order valence-corrected chi connectivity index (χ2v) is 7.53. The first kappa shape index (κ1) is 17.9. The lowest BCUT2D eigenvalue weighted by molar-refractivity contribution is -0.137. The molecule has 1 aromatic carbocycles. The van der Waals surface area contributed by atoms with E-state index in [1.807, 2.05) is 18.2 Å². The summed E-state index contributed by atoms with van der Waals surface area (Å²) in [6.45, 7) is 1.31. The fourth-order valence-corrected chi connectivity index (χ4v) is 4.08. The van der Waals surface area contributed by atoms with Gasteiger partial charge < -0.3 is 10.0 Å². The SMILES string of the molecule is O=C(O)CCC1CCCN(C(=O)c2csc(-c3cccc(Cl)c3)n2)C1. The van der Waals surface area contributed by atoms with E-state index < -0.39 is 5.97 Å². The third-order valence-corrected chi connectivity index (χ3v) is 5.49. The maximum atomic E-state index is 12.7. The Bertz CT molecular complexity index is 777. The average Bonchev–Trinajstić information content (AvgIpc) is 3.10. The van der Waals surface area contributed by atoms with E-state index >= 15 is 0 Å². The number of rotatable bonds is 5. The molecule has 1 aliphatic rings. The van der Waals surface area contributed by atoms with Crippen molar-refractivity contribution in [1.82, 2.24) is 9.88 Å². The molecule has 0 saturated carbocycles. The first-order chi connectivity index (χ1) is 12.0. The molecule has 1 amide bonds. The minimum Gasteiger partial charge on any atom is -0.481 e. The zero-order valence-corrected chi connectivity index (χ0v) is 15.2. The van der Waals surface area contributed by atoms with Gasteiger partial charge in [-0.25, -0.2) is 4.98 Å². The fraction of sp³-hybridized carbons (Fsp3) is 0.389. The topological polar surface area (TPSA) is 70.5 Å². The Kier molecular flexibility index (Phi) is 5.71. The molecule has 0 bridgehead atoms. The van der Waals surface area contributed by atoms with Crippen molar-refractivity contribution in [3.8, 4) is 10.6 Å². The average molecular weight is 379 g/mol. The van der Waals surface area contributed by atoms with Crippen LogP contribution in [0.5, 0.6) is 0 Å². The van der Waals surface area contributed by atoms with Gasteiger partial charge in [-0.1, -0.05) is 23.7 Å². The van der Waals surface area contributed by atoms with E-state index in [9.17, 15) is 9.59 Å². The molecular formula is C18H19ClN2O3S. The number of likely N-dealkylation sites (tertiary alicyclic amines) is 1. The number of carbonyl (C=O) groups is 2. The molecule has 132 valence electrons. The number of aromatic nitrogens is 1. The zero-order chi connectivity index (χ0) is 17.8. The van der Waals surface area contributed by atoms with Gasteiger partial charge in [0.1, 0.15) is 10.7 Å². The molecule has 0 spiro atoms. The van der Waals surface area contributed by atoms with Crippen molar-refractivity contribution in [1.29, 1.82) is 0 Å². The number of piperidine rings is 1. The van der Waals surface area contributed by atoms with Crippen LogP contribution in [0.4, 0.5) is 0 Å². The first-order valence-corrected chi connectivity index (χ1v) is 9.51. The number of halogens is 1. The van der Waals surface area contributed by atoms with Crippen molar-refractivity contribution in [2.75, 3.05) is 13.1 Å².